The van der Waals surface area contributed by atoms with Gasteiger partial charge in [0.1, 0.15) is 5.60 Å². The van der Waals surface area contributed by atoms with Crippen LogP contribution in [0.2, 0.25) is 0 Å². The molecule has 0 radical (unpaired) electrons. The maximum Gasteiger partial charge on any atom is 0.252 e. The molecular formula is C12H15NO2. The third-order valence-corrected chi connectivity index (χ3v) is 2.92. The Balaban J connectivity index is 2.13. The van der Waals surface area contributed by atoms with Crippen molar-refractivity contribution in [3.05, 3.63) is 35.9 Å². The molecule has 2 rings (SSSR count). The summed E-state index contributed by atoms with van der Waals surface area (Å²) in [6.45, 7) is 1.56. The molecule has 0 aliphatic carbocycles. The molecule has 1 aliphatic heterocycles. The molecule has 1 aromatic rings. The van der Waals surface area contributed by atoms with Crippen LogP contribution in [0.1, 0.15) is 31.4 Å². The molecule has 0 bridgehead atoms. The molecule has 3 heteroatoms. The lowest BCUT2D eigenvalue weighted by Crippen LogP contribution is -2.50. The molecule has 80 valence electrons. The molecule has 0 saturated carbocycles. The molecule has 1 heterocycles. The molecule has 2 unspecified atom stereocenters. The highest BCUT2D eigenvalue weighted by Gasteiger charge is 2.36. The first-order valence-electron chi connectivity index (χ1n) is 5.18. The minimum atomic E-state index is -1.20. The van der Waals surface area contributed by atoms with Gasteiger partial charge >= 0.3 is 0 Å². The van der Waals surface area contributed by atoms with Crippen molar-refractivity contribution in [3.8, 4) is 0 Å². The number of piperidine rings is 1. The first-order valence-corrected chi connectivity index (χ1v) is 5.18. The molecule has 15 heavy (non-hydrogen) atoms. The summed E-state index contributed by atoms with van der Waals surface area (Å²) in [5, 5.41) is 12.5. The second-order valence-electron chi connectivity index (χ2n) is 4.25. The van der Waals surface area contributed by atoms with Crippen molar-refractivity contribution in [1.82, 2.24) is 5.32 Å². The molecule has 1 aromatic carbocycles. The second kappa shape index (κ2) is 3.66. The monoisotopic (exact) mass is 205 g/mol. The van der Waals surface area contributed by atoms with Crippen LogP contribution in [0.25, 0.3) is 0 Å². The predicted molar refractivity (Wildman–Crippen MR) is 57.2 cm³/mol. The maximum atomic E-state index is 11.5. The highest BCUT2D eigenvalue weighted by molar-refractivity contribution is 5.85. The van der Waals surface area contributed by atoms with Gasteiger partial charge in [0.2, 0.25) is 0 Å². The second-order valence-corrected chi connectivity index (χ2v) is 4.25. The van der Waals surface area contributed by atoms with Crippen molar-refractivity contribution >= 4 is 5.91 Å². The molecule has 1 saturated heterocycles. The van der Waals surface area contributed by atoms with E-state index >= 15 is 0 Å². The molecule has 3 nitrogen and oxygen atoms in total. The molecule has 2 N–H and O–H groups in total. The summed E-state index contributed by atoms with van der Waals surface area (Å²) in [7, 11) is 0. The highest BCUT2D eigenvalue weighted by atomic mass is 16.3. The van der Waals surface area contributed by atoms with Crippen LogP contribution in [0.5, 0.6) is 0 Å². The van der Waals surface area contributed by atoms with Crippen molar-refractivity contribution in [1.29, 1.82) is 0 Å². The van der Waals surface area contributed by atoms with E-state index in [2.05, 4.69) is 5.32 Å². The van der Waals surface area contributed by atoms with Gasteiger partial charge in [0.05, 0.1) is 6.04 Å². The number of hydrogen-bond donors (Lipinski definition) is 2. The topological polar surface area (TPSA) is 49.3 Å². The van der Waals surface area contributed by atoms with Crippen molar-refractivity contribution in [2.24, 2.45) is 0 Å². The Morgan fingerprint density at radius 3 is 2.67 bits per heavy atom. The van der Waals surface area contributed by atoms with Crippen molar-refractivity contribution in [3.63, 3.8) is 0 Å². The average molecular weight is 205 g/mol. The minimum Gasteiger partial charge on any atom is -0.380 e. The van der Waals surface area contributed by atoms with Crippen molar-refractivity contribution < 1.29 is 9.90 Å². The highest BCUT2D eigenvalue weighted by Crippen LogP contribution is 2.28. The zero-order valence-electron chi connectivity index (χ0n) is 8.73. The van der Waals surface area contributed by atoms with Gasteiger partial charge in [-0.1, -0.05) is 30.3 Å². The third kappa shape index (κ3) is 2.02. The average Bonchev–Trinajstić information content (AvgIpc) is 2.23. The largest absolute Gasteiger partial charge is 0.380 e. The summed E-state index contributed by atoms with van der Waals surface area (Å²) in [5.41, 5.74) is -0.105. The summed E-state index contributed by atoms with van der Waals surface area (Å²) in [5.74, 6) is -0.275. The Morgan fingerprint density at radius 1 is 1.40 bits per heavy atom. The zero-order chi connectivity index (χ0) is 10.9. The smallest absolute Gasteiger partial charge is 0.252 e. The van der Waals surface area contributed by atoms with E-state index in [9.17, 15) is 9.90 Å². The molecule has 2 atom stereocenters. The van der Waals surface area contributed by atoms with Gasteiger partial charge in [-0.2, -0.15) is 0 Å². The van der Waals surface area contributed by atoms with E-state index in [1.165, 1.54) is 0 Å². The quantitative estimate of drug-likeness (QED) is 0.728. The van der Waals surface area contributed by atoms with Gasteiger partial charge in [0.15, 0.2) is 0 Å². The van der Waals surface area contributed by atoms with E-state index in [0.717, 1.165) is 12.0 Å². The van der Waals surface area contributed by atoms with Crippen molar-refractivity contribution in [2.45, 2.75) is 31.4 Å². The van der Waals surface area contributed by atoms with Gasteiger partial charge in [-0.05, 0) is 25.3 Å². The standard InChI is InChI=1S/C12H15NO2/c1-12(15)8-7-10(13-11(12)14)9-5-3-2-4-6-9/h2-6,10,15H,7-8H2,1H3,(H,13,14). The van der Waals surface area contributed by atoms with Crippen LogP contribution in [-0.4, -0.2) is 16.6 Å². The van der Waals surface area contributed by atoms with Gasteiger partial charge in [0.25, 0.3) is 5.91 Å². The Kier molecular flexibility index (Phi) is 2.49. The van der Waals surface area contributed by atoms with Crippen LogP contribution in [0.4, 0.5) is 0 Å². The Hall–Kier alpha value is -1.35. The fourth-order valence-electron chi connectivity index (χ4n) is 1.86. The number of carbonyl (C=O) groups is 1. The summed E-state index contributed by atoms with van der Waals surface area (Å²) >= 11 is 0. The molecule has 0 aromatic heterocycles. The van der Waals surface area contributed by atoms with Crippen LogP contribution < -0.4 is 5.32 Å². The fourth-order valence-corrected chi connectivity index (χ4v) is 1.86. The molecule has 0 spiro atoms. The first kappa shape index (κ1) is 10.2. The van der Waals surface area contributed by atoms with Crippen LogP contribution >= 0.6 is 0 Å². The lowest BCUT2D eigenvalue weighted by Gasteiger charge is -2.33. The lowest BCUT2D eigenvalue weighted by atomic mass is 9.88. The fraction of sp³-hybridized carbons (Fsp3) is 0.417. The Labute approximate surface area is 89.1 Å². The van der Waals surface area contributed by atoms with Crippen LogP contribution in [0, 0.1) is 0 Å². The third-order valence-electron chi connectivity index (χ3n) is 2.92. The van der Waals surface area contributed by atoms with E-state index in [-0.39, 0.29) is 11.9 Å². The Morgan fingerprint density at radius 2 is 2.07 bits per heavy atom. The van der Waals surface area contributed by atoms with Gasteiger partial charge < -0.3 is 10.4 Å². The maximum absolute atomic E-state index is 11.5. The van der Waals surface area contributed by atoms with Crippen LogP contribution in [-0.2, 0) is 4.79 Å². The Bertz CT molecular complexity index is 359. The molecule has 1 aliphatic rings. The number of amides is 1. The zero-order valence-corrected chi connectivity index (χ0v) is 8.73. The molecular weight excluding hydrogens is 190 g/mol. The normalized spacial score (nSPS) is 31.1. The first-order chi connectivity index (χ1) is 7.09. The van der Waals surface area contributed by atoms with Crippen LogP contribution in [0.3, 0.4) is 0 Å². The number of hydrogen-bond acceptors (Lipinski definition) is 2. The number of carbonyl (C=O) groups excluding carboxylic acids is 1. The molecule has 1 fully saturated rings. The number of nitrogens with one attached hydrogen (secondary N) is 1. The number of benzene rings is 1. The van der Waals surface area contributed by atoms with E-state index in [0.29, 0.717) is 6.42 Å². The van der Waals surface area contributed by atoms with Gasteiger partial charge in [-0.15, -0.1) is 0 Å². The number of rotatable bonds is 1. The van der Waals surface area contributed by atoms with Gasteiger partial charge in [0, 0.05) is 0 Å². The van der Waals surface area contributed by atoms with Gasteiger partial charge in [-0.25, -0.2) is 0 Å². The summed E-state index contributed by atoms with van der Waals surface area (Å²) in [6, 6.07) is 9.88. The van der Waals surface area contributed by atoms with E-state index in [1.54, 1.807) is 6.92 Å². The van der Waals surface area contributed by atoms with E-state index < -0.39 is 5.60 Å². The van der Waals surface area contributed by atoms with Crippen molar-refractivity contribution in [2.75, 3.05) is 0 Å². The SMILES string of the molecule is CC1(O)CCC(c2ccccc2)NC1=O. The summed E-state index contributed by atoms with van der Waals surface area (Å²) in [6.07, 6.45) is 1.29. The minimum absolute atomic E-state index is 0.0407. The molecule has 1 amide bonds. The number of aliphatic hydroxyl groups is 1. The van der Waals surface area contributed by atoms with Gasteiger partial charge in [-0.3, -0.25) is 4.79 Å². The lowest BCUT2D eigenvalue weighted by molar-refractivity contribution is -0.143. The van der Waals surface area contributed by atoms with Crippen LogP contribution in [0.15, 0.2) is 30.3 Å². The van der Waals surface area contributed by atoms with E-state index in [1.807, 2.05) is 30.3 Å². The summed E-state index contributed by atoms with van der Waals surface area (Å²) < 4.78 is 0. The van der Waals surface area contributed by atoms with E-state index in [4.69, 9.17) is 0 Å². The summed E-state index contributed by atoms with van der Waals surface area (Å²) in [4.78, 5) is 11.5. The predicted octanol–water partition coefficient (Wildman–Crippen LogP) is 1.39.